The molecular formula is C23H23FN6O. The number of aryl methyl sites for hydroxylation is 1. The van der Waals surface area contributed by atoms with Crippen molar-refractivity contribution in [1.82, 2.24) is 19.9 Å². The quantitative estimate of drug-likeness (QED) is 0.428. The van der Waals surface area contributed by atoms with Crippen LogP contribution in [0.15, 0.2) is 54.7 Å². The zero-order valence-corrected chi connectivity index (χ0v) is 17.3. The number of nitrogens with two attached hydrogens (primary N) is 1. The van der Waals surface area contributed by atoms with Crippen LogP contribution in [-0.4, -0.2) is 27.5 Å². The fourth-order valence-electron chi connectivity index (χ4n) is 3.65. The van der Waals surface area contributed by atoms with Gasteiger partial charge in [0.05, 0.1) is 5.52 Å². The average molecular weight is 418 g/mol. The second-order valence-corrected chi connectivity index (χ2v) is 7.28. The molecule has 0 saturated heterocycles. The van der Waals surface area contributed by atoms with E-state index in [-0.39, 0.29) is 5.82 Å². The molecule has 0 fully saturated rings. The molecular weight excluding hydrogens is 395 g/mol. The Morgan fingerprint density at radius 1 is 1.16 bits per heavy atom. The van der Waals surface area contributed by atoms with Gasteiger partial charge < -0.3 is 16.4 Å². The maximum Gasteiger partial charge on any atom is 0.249 e. The number of nitrogens with zero attached hydrogens (tertiary/aromatic N) is 3. The highest BCUT2D eigenvalue weighted by molar-refractivity contribution is 6.06. The van der Waals surface area contributed by atoms with Crippen LogP contribution in [0, 0.1) is 12.7 Å². The summed E-state index contributed by atoms with van der Waals surface area (Å²) >= 11 is 0. The summed E-state index contributed by atoms with van der Waals surface area (Å²) in [6.07, 6.45) is 1.76. The third-order valence-electron chi connectivity index (χ3n) is 5.06. The third-order valence-corrected chi connectivity index (χ3v) is 5.06. The van der Waals surface area contributed by atoms with Gasteiger partial charge in [-0.05, 0) is 49.9 Å². The molecule has 158 valence electrons. The summed E-state index contributed by atoms with van der Waals surface area (Å²) < 4.78 is 15.4. The molecule has 1 amide bonds. The molecule has 0 bridgehead atoms. The lowest BCUT2D eigenvalue weighted by atomic mass is 10.1. The number of aromatic nitrogens is 3. The molecule has 0 radical (unpaired) electrons. The Bertz CT molecular complexity index is 1270. The lowest BCUT2D eigenvalue weighted by Crippen LogP contribution is -2.14. The number of hydrogen-bond donors (Lipinski definition) is 3. The van der Waals surface area contributed by atoms with Crippen LogP contribution in [0.3, 0.4) is 0 Å². The number of carbonyl (C=O) groups is 1. The minimum atomic E-state index is -0.481. The second kappa shape index (κ2) is 8.53. The molecule has 31 heavy (non-hydrogen) atoms. The standard InChI is InChI=1S/C23H23FN6O/c1-14-9-19-18(21(25)31)7-4-8-20(19)30(14)23-28-13-16(12-26-2)22(29-23)27-11-15-5-3-6-17(24)10-15/h3-10,13,26H,11-12H2,1-2H3,(H2,25,31)(H,27,28,29). The third kappa shape index (κ3) is 4.10. The van der Waals surface area contributed by atoms with Crippen LogP contribution < -0.4 is 16.4 Å². The Labute approximate surface area is 179 Å². The van der Waals surface area contributed by atoms with Crippen molar-refractivity contribution in [3.8, 4) is 5.95 Å². The van der Waals surface area contributed by atoms with Gasteiger partial charge in [0.25, 0.3) is 0 Å². The van der Waals surface area contributed by atoms with Gasteiger partial charge in [-0.1, -0.05) is 18.2 Å². The van der Waals surface area contributed by atoms with Gasteiger partial charge in [0.1, 0.15) is 11.6 Å². The van der Waals surface area contributed by atoms with E-state index in [0.717, 1.165) is 27.7 Å². The zero-order valence-electron chi connectivity index (χ0n) is 17.3. The molecule has 2 aromatic carbocycles. The monoisotopic (exact) mass is 418 g/mol. The van der Waals surface area contributed by atoms with Crippen molar-refractivity contribution < 1.29 is 9.18 Å². The first-order chi connectivity index (χ1) is 15.0. The lowest BCUT2D eigenvalue weighted by molar-refractivity contribution is 0.100. The Balaban J connectivity index is 1.76. The first-order valence-electron chi connectivity index (χ1n) is 9.88. The van der Waals surface area contributed by atoms with Crippen LogP contribution in [-0.2, 0) is 13.1 Å². The van der Waals surface area contributed by atoms with E-state index >= 15 is 0 Å². The van der Waals surface area contributed by atoms with E-state index in [1.807, 2.05) is 36.7 Å². The molecule has 2 heterocycles. The van der Waals surface area contributed by atoms with Crippen molar-refractivity contribution >= 4 is 22.6 Å². The van der Waals surface area contributed by atoms with Gasteiger partial charge >= 0.3 is 0 Å². The number of rotatable bonds is 7. The largest absolute Gasteiger partial charge is 0.366 e. The first-order valence-corrected chi connectivity index (χ1v) is 9.88. The summed E-state index contributed by atoms with van der Waals surface area (Å²) in [6, 6.07) is 13.7. The molecule has 7 nitrogen and oxygen atoms in total. The molecule has 2 aromatic heterocycles. The Morgan fingerprint density at radius 2 is 1.97 bits per heavy atom. The zero-order chi connectivity index (χ0) is 22.0. The lowest BCUT2D eigenvalue weighted by Gasteiger charge is -2.14. The van der Waals surface area contributed by atoms with E-state index in [0.29, 0.717) is 30.4 Å². The van der Waals surface area contributed by atoms with Crippen molar-refractivity contribution in [2.24, 2.45) is 5.73 Å². The average Bonchev–Trinajstić information content (AvgIpc) is 3.09. The molecule has 0 unspecified atom stereocenters. The van der Waals surface area contributed by atoms with Gasteiger partial charge in [-0.25, -0.2) is 9.37 Å². The van der Waals surface area contributed by atoms with E-state index in [1.54, 1.807) is 24.4 Å². The molecule has 4 N–H and O–H groups in total. The highest BCUT2D eigenvalue weighted by Gasteiger charge is 2.16. The minimum absolute atomic E-state index is 0.280. The molecule has 0 aliphatic rings. The van der Waals surface area contributed by atoms with Crippen LogP contribution in [0.25, 0.3) is 16.9 Å². The van der Waals surface area contributed by atoms with Gasteiger partial charge in [0.15, 0.2) is 0 Å². The maximum absolute atomic E-state index is 13.5. The number of carbonyl (C=O) groups excluding carboxylic acids is 1. The van der Waals surface area contributed by atoms with Gasteiger partial charge in [-0.15, -0.1) is 0 Å². The number of benzene rings is 2. The van der Waals surface area contributed by atoms with Gasteiger partial charge in [-0.3, -0.25) is 9.36 Å². The Hall–Kier alpha value is -3.78. The van der Waals surface area contributed by atoms with Crippen molar-refractivity contribution in [2.75, 3.05) is 12.4 Å². The van der Waals surface area contributed by atoms with Crippen LogP contribution in [0.5, 0.6) is 0 Å². The number of anilines is 1. The fourth-order valence-corrected chi connectivity index (χ4v) is 3.65. The Kier molecular flexibility index (Phi) is 5.64. The second-order valence-electron chi connectivity index (χ2n) is 7.28. The number of halogens is 1. The predicted octanol–water partition coefficient (Wildman–Crippen LogP) is 3.30. The van der Waals surface area contributed by atoms with E-state index in [1.165, 1.54) is 12.1 Å². The number of fused-ring (bicyclic) bond motifs is 1. The summed E-state index contributed by atoms with van der Waals surface area (Å²) in [6.45, 7) is 2.92. The smallest absolute Gasteiger partial charge is 0.249 e. The summed E-state index contributed by atoms with van der Waals surface area (Å²) in [4.78, 5) is 21.1. The van der Waals surface area contributed by atoms with Gasteiger partial charge in [-0.2, -0.15) is 4.98 Å². The maximum atomic E-state index is 13.5. The Morgan fingerprint density at radius 3 is 2.71 bits per heavy atom. The molecule has 8 heteroatoms. The molecule has 4 rings (SSSR count). The van der Waals surface area contributed by atoms with Gasteiger partial charge in [0, 0.05) is 41.5 Å². The number of amides is 1. The normalized spacial score (nSPS) is 11.1. The van der Waals surface area contributed by atoms with Crippen molar-refractivity contribution in [3.05, 3.63) is 82.9 Å². The van der Waals surface area contributed by atoms with E-state index < -0.39 is 5.91 Å². The fraction of sp³-hybridized carbons (Fsp3) is 0.174. The molecule has 0 saturated carbocycles. The van der Waals surface area contributed by atoms with E-state index in [2.05, 4.69) is 15.6 Å². The molecule has 0 atom stereocenters. The topological polar surface area (TPSA) is 97.9 Å². The number of hydrogen-bond acceptors (Lipinski definition) is 5. The van der Waals surface area contributed by atoms with E-state index in [4.69, 9.17) is 10.7 Å². The first kappa shape index (κ1) is 20.5. The van der Waals surface area contributed by atoms with Crippen molar-refractivity contribution in [1.29, 1.82) is 0 Å². The molecule has 4 aromatic rings. The summed E-state index contributed by atoms with van der Waals surface area (Å²) in [5.41, 5.74) is 9.36. The van der Waals surface area contributed by atoms with Crippen LogP contribution >= 0.6 is 0 Å². The SMILES string of the molecule is CNCc1cnc(-n2c(C)cc3c(C(N)=O)cccc32)nc1NCc1cccc(F)c1. The summed E-state index contributed by atoms with van der Waals surface area (Å²) in [7, 11) is 1.85. The van der Waals surface area contributed by atoms with Crippen LogP contribution in [0.2, 0.25) is 0 Å². The molecule has 0 spiro atoms. The van der Waals surface area contributed by atoms with Crippen LogP contribution in [0.1, 0.15) is 27.2 Å². The summed E-state index contributed by atoms with van der Waals surface area (Å²) in [5, 5.41) is 7.16. The highest BCUT2D eigenvalue weighted by atomic mass is 19.1. The highest BCUT2D eigenvalue weighted by Crippen LogP contribution is 2.26. The van der Waals surface area contributed by atoms with Crippen molar-refractivity contribution in [3.63, 3.8) is 0 Å². The van der Waals surface area contributed by atoms with Crippen molar-refractivity contribution in [2.45, 2.75) is 20.0 Å². The molecule has 0 aliphatic heterocycles. The van der Waals surface area contributed by atoms with Gasteiger partial charge in [0.2, 0.25) is 11.9 Å². The van der Waals surface area contributed by atoms with Crippen LogP contribution in [0.4, 0.5) is 10.2 Å². The molecule has 0 aliphatic carbocycles. The van der Waals surface area contributed by atoms with E-state index in [9.17, 15) is 9.18 Å². The summed E-state index contributed by atoms with van der Waals surface area (Å²) in [5.74, 6) is 0.356. The number of nitrogens with one attached hydrogen (secondary N) is 2. The predicted molar refractivity (Wildman–Crippen MR) is 119 cm³/mol. The minimum Gasteiger partial charge on any atom is -0.366 e. The number of primary amides is 1.